The Bertz CT molecular complexity index is 2430. The number of amides is 2. The number of fused-ring (bicyclic) bond motifs is 5. The van der Waals surface area contributed by atoms with Gasteiger partial charge in [-0.3, -0.25) is 20.3 Å². The van der Waals surface area contributed by atoms with Crippen molar-refractivity contribution in [1.82, 2.24) is 21.4 Å². The van der Waals surface area contributed by atoms with Crippen molar-refractivity contribution < 1.29 is 178 Å². The number of nitrogens with zero attached hydrogens (tertiary/aromatic N) is 3. The number of carboxylic acids is 4. The van der Waals surface area contributed by atoms with Crippen molar-refractivity contribution in [1.29, 1.82) is 0 Å². The number of hydrogen-bond donors (Lipinski definition) is 6. The van der Waals surface area contributed by atoms with Gasteiger partial charge in [0, 0.05) is 60.7 Å². The maximum absolute atomic E-state index is 13.0. The predicted octanol–water partition coefficient (Wildman–Crippen LogP) is -14.5. The fourth-order valence-corrected chi connectivity index (χ4v) is 7.19. The molecule has 0 spiro atoms. The molecule has 5 heterocycles. The molecular formula is C42H41N7Na4O12. The Kier molecular flexibility index (Phi) is 23.7. The number of carbonyl (C=O) groups is 6. The number of aliphatic imine (C=N–C) groups is 3. The quantitative estimate of drug-likeness (QED) is 0.0583. The number of aliphatic carboxylic acids is 4. The molecule has 0 radical (unpaired) electrons. The van der Waals surface area contributed by atoms with Gasteiger partial charge in [-0.25, -0.2) is 15.0 Å². The minimum atomic E-state index is -1.85. The summed E-state index contributed by atoms with van der Waals surface area (Å²) in [6.45, 7) is 10.8. The van der Waals surface area contributed by atoms with E-state index >= 15 is 0 Å². The molecule has 23 heteroatoms. The average molecular weight is 928 g/mol. The third-order valence-corrected chi connectivity index (χ3v) is 10.5. The van der Waals surface area contributed by atoms with E-state index in [-0.39, 0.29) is 144 Å². The van der Waals surface area contributed by atoms with Gasteiger partial charge in [0.25, 0.3) is 0 Å². The number of hydroxylamine groups is 1. The van der Waals surface area contributed by atoms with Crippen LogP contribution in [0.5, 0.6) is 0 Å². The van der Waals surface area contributed by atoms with Crippen molar-refractivity contribution in [2.24, 2.45) is 15.0 Å². The molecule has 8 bridgehead atoms. The Morgan fingerprint density at radius 1 is 0.723 bits per heavy atom. The Morgan fingerprint density at radius 3 is 1.72 bits per heavy atom. The molecular weight excluding hydrogens is 886 g/mol. The van der Waals surface area contributed by atoms with Gasteiger partial charge < -0.3 is 60.7 Å². The summed E-state index contributed by atoms with van der Waals surface area (Å²) in [5.74, 6) is -8.63. The smallest absolute Gasteiger partial charge is 0.550 e. The van der Waals surface area contributed by atoms with Crippen LogP contribution in [0.2, 0.25) is 0 Å². The van der Waals surface area contributed by atoms with Crippen LogP contribution in [0.3, 0.4) is 0 Å². The van der Waals surface area contributed by atoms with E-state index in [0.29, 0.717) is 79.1 Å². The Balaban J connectivity index is 0.00000528. The van der Waals surface area contributed by atoms with Gasteiger partial charge in [-0.05, 0) is 98.8 Å². The molecule has 65 heavy (non-hydrogen) atoms. The number of allylic oxidation sites excluding steroid dienone is 11. The molecule has 2 amide bonds. The first-order chi connectivity index (χ1) is 28.7. The van der Waals surface area contributed by atoms with E-state index in [0.717, 1.165) is 5.57 Å². The fourth-order valence-electron chi connectivity index (χ4n) is 7.19. The number of aliphatic hydroxyl groups is 1. The molecule has 0 saturated heterocycles. The first kappa shape index (κ1) is 59.8. The van der Waals surface area contributed by atoms with Crippen molar-refractivity contribution >= 4 is 52.8 Å². The largest absolute Gasteiger partial charge is 1.00 e. The van der Waals surface area contributed by atoms with Gasteiger partial charge in [-0.2, -0.15) is 0 Å². The second-order valence-corrected chi connectivity index (χ2v) is 14.6. The van der Waals surface area contributed by atoms with Crippen LogP contribution in [0.15, 0.2) is 132 Å². The van der Waals surface area contributed by atoms with Gasteiger partial charge in [0.15, 0.2) is 0 Å². The maximum Gasteiger partial charge on any atom is 1.00 e. The van der Waals surface area contributed by atoms with E-state index < -0.39 is 66.2 Å². The number of hydrogen-bond acceptors (Lipinski definition) is 17. The topological polar surface area (TPSA) is 320 Å². The first-order valence-electron chi connectivity index (χ1n) is 18.8. The van der Waals surface area contributed by atoms with Crippen LogP contribution in [0.1, 0.15) is 66.2 Å². The summed E-state index contributed by atoms with van der Waals surface area (Å²) in [5, 5.41) is 74.2. The standard InChI is InChI=1S/C42H45N7O12.4Na/c1-6-22-19(2)26-13-27-20(3)23(7-9-36(50)48-33(40(56)57)17-38(52)53)29(44-27)15-30-24(8-10-37(51)49-34(41(58)59)18-39(54)55)21(4)28(45-30)14-32-25(11-12-43-61)42(5,60)35(47-32)16-31(22)46-26;;;;/h6,11-16,33-34,43,47,60-61H,1,7-10,17-18H2,2-5H3,(H,48,50)(H,49,51)(H,52,53)(H,54,55)(H,56,57)(H,58,59);;;;/q;4*+1/p-4/b12-11+,26-13?,28-14?,29-15?,35-16?;;;;. The number of rotatable bonds is 17. The van der Waals surface area contributed by atoms with Gasteiger partial charge in [0.1, 0.15) is 5.60 Å². The molecule has 6 N–H and O–H groups in total. The molecule has 0 aromatic carbocycles. The van der Waals surface area contributed by atoms with Gasteiger partial charge in [0.2, 0.25) is 11.8 Å². The zero-order valence-corrected chi connectivity index (χ0v) is 45.5. The zero-order chi connectivity index (χ0) is 44.9. The summed E-state index contributed by atoms with van der Waals surface area (Å²) in [6, 6.07) is -3.69. The summed E-state index contributed by atoms with van der Waals surface area (Å²) in [6.07, 6.45) is 8.19. The van der Waals surface area contributed by atoms with Crippen LogP contribution < -0.4 is 160 Å². The SMILES string of the molecule is C=CC1=C(C)C2=CC3=NC(=CC4=NC(=CC5=C(/C=C/NO)C(C)(O)C(=CC1=N2)N5)C(C)=C4CCC(=O)NC(CC(=O)[O-])C(=O)[O-])C(CCC(=O)NC(CC(=O)[O-])C(=O)[O-])=C3C.[Na+].[Na+].[Na+].[Na+]. The van der Waals surface area contributed by atoms with Crippen molar-refractivity contribution in [3.63, 3.8) is 0 Å². The summed E-state index contributed by atoms with van der Waals surface area (Å²) < 4.78 is 0. The van der Waals surface area contributed by atoms with E-state index in [4.69, 9.17) is 15.0 Å². The zero-order valence-electron chi connectivity index (χ0n) is 37.5. The Morgan fingerprint density at radius 2 is 1.22 bits per heavy atom. The first-order valence-corrected chi connectivity index (χ1v) is 18.8. The number of carboxylic acid groups (broad SMARTS) is 4. The van der Waals surface area contributed by atoms with Gasteiger partial charge >= 0.3 is 118 Å². The minimum absolute atomic E-state index is 0. The molecule has 5 rings (SSSR count). The monoisotopic (exact) mass is 927 g/mol. The molecule has 3 unspecified atom stereocenters. The van der Waals surface area contributed by atoms with Crippen LogP contribution >= 0.6 is 0 Å². The summed E-state index contributed by atoms with van der Waals surface area (Å²) in [7, 11) is 0. The maximum atomic E-state index is 13.0. The van der Waals surface area contributed by atoms with Crippen LogP contribution in [-0.2, 0) is 28.8 Å². The van der Waals surface area contributed by atoms with E-state index in [1.807, 2.05) is 12.4 Å². The second kappa shape index (κ2) is 25.8. The van der Waals surface area contributed by atoms with Gasteiger partial charge in [-0.15, -0.1) is 0 Å². The van der Waals surface area contributed by atoms with Crippen LogP contribution in [-0.4, -0.2) is 80.8 Å². The molecule has 0 saturated carbocycles. The minimum Gasteiger partial charge on any atom is -0.550 e. The number of nitrogens with one attached hydrogen (secondary N) is 4. The van der Waals surface area contributed by atoms with Crippen LogP contribution in [0, 0.1) is 0 Å². The molecule has 0 aliphatic carbocycles. The molecule has 0 aromatic heterocycles. The molecule has 19 nitrogen and oxygen atoms in total. The van der Waals surface area contributed by atoms with Crippen LogP contribution in [0.4, 0.5) is 0 Å². The van der Waals surface area contributed by atoms with Crippen molar-refractivity contribution in [2.75, 3.05) is 0 Å². The third kappa shape index (κ3) is 14.4. The average Bonchev–Trinajstić information content (AvgIpc) is 3.81. The second-order valence-electron chi connectivity index (χ2n) is 14.6. The van der Waals surface area contributed by atoms with E-state index in [9.17, 15) is 59.5 Å². The molecule has 3 atom stereocenters. The fraction of sp³-hybridized carbons (Fsp3) is 0.310. The normalized spacial score (nSPS) is 19.3. The van der Waals surface area contributed by atoms with E-state index in [1.165, 1.54) is 12.3 Å². The van der Waals surface area contributed by atoms with Crippen molar-refractivity contribution in [3.05, 3.63) is 117 Å². The van der Waals surface area contributed by atoms with Crippen LogP contribution in [0.25, 0.3) is 0 Å². The van der Waals surface area contributed by atoms with Crippen molar-refractivity contribution in [2.45, 2.75) is 83.9 Å². The molecule has 320 valence electrons. The Hall–Kier alpha value is -3.25. The van der Waals surface area contributed by atoms with Gasteiger partial charge in [-0.1, -0.05) is 12.7 Å². The van der Waals surface area contributed by atoms with Gasteiger partial charge in [0.05, 0.1) is 63.9 Å². The van der Waals surface area contributed by atoms with E-state index in [1.54, 1.807) is 51.2 Å². The van der Waals surface area contributed by atoms with E-state index in [2.05, 4.69) is 22.5 Å². The third-order valence-electron chi connectivity index (χ3n) is 10.5. The molecule has 0 fully saturated rings. The summed E-state index contributed by atoms with van der Waals surface area (Å²) in [4.78, 5) is 85.9. The number of carbonyl (C=O) groups excluding carboxylic acids is 6. The summed E-state index contributed by atoms with van der Waals surface area (Å²) >= 11 is 0. The van der Waals surface area contributed by atoms with Crippen molar-refractivity contribution in [3.8, 4) is 0 Å². The molecule has 0 aromatic rings. The Labute approximate surface area is 462 Å². The summed E-state index contributed by atoms with van der Waals surface area (Å²) in [5.41, 5.74) is 7.20. The molecule has 5 aliphatic heterocycles. The predicted molar refractivity (Wildman–Crippen MR) is 209 cm³/mol. The molecule has 5 aliphatic rings.